The van der Waals surface area contributed by atoms with Crippen molar-refractivity contribution in [3.8, 4) is 11.1 Å². The Morgan fingerprint density at radius 1 is 1.06 bits per heavy atom. The third kappa shape index (κ3) is 5.80. The molecule has 8 nitrogen and oxygen atoms in total. The van der Waals surface area contributed by atoms with Crippen LogP contribution in [-0.2, 0) is 14.3 Å². The lowest BCUT2D eigenvalue weighted by Gasteiger charge is -2.16. The number of carbonyl (C=O) groups is 3. The van der Waals surface area contributed by atoms with Crippen molar-refractivity contribution in [3.63, 3.8) is 0 Å². The Labute approximate surface area is 190 Å². The van der Waals surface area contributed by atoms with E-state index in [1.54, 1.807) is 0 Å². The van der Waals surface area contributed by atoms with Crippen molar-refractivity contribution in [3.05, 3.63) is 59.7 Å². The third-order valence-corrected chi connectivity index (χ3v) is 6.12. The number of carboxylic acid groups (broad SMARTS) is 1. The van der Waals surface area contributed by atoms with E-state index in [2.05, 4.69) is 34.9 Å². The summed E-state index contributed by atoms with van der Waals surface area (Å²) in [5.74, 6) is -1.34. The van der Waals surface area contributed by atoms with E-state index in [4.69, 9.17) is 9.84 Å². The summed E-state index contributed by atoms with van der Waals surface area (Å²) in [6, 6.07) is 14.8. The number of thioether (sulfide) groups is 1. The smallest absolute Gasteiger partial charge is 0.407 e. The molecule has 2 aromatic rings. The molecule has 2 aromatic carbocycles. The lowest BCUT2D eigenvalue weighted by Crippen LogP contribution is -2.48. The first-order valence-corrected chi connectivity index (χ1v) is 11.4. The van der Waals surface area contributed by atoms with Crippen LogP contribution in [0.5, 0.6) is 0 Å². The summed E-state index contributed by atoms with van der Waals surface area (Å²) in [5.41, 5.74) is 4.60. The van der Waals surface area contributed by atoms with Gasteiger partial charge in [0.25, 0.3) is 0 Å². The number of rotatable bonds is 10. The van der Waals surface area contributed by atoms with Gasteiger partial charge in [0.05, 0.1) is 11.9 Å². The molecule has 0 fully saturated rings. The van der Waals surface area contributed by atoms with Crippen LogP contribution in [0.1, 0.15) is 24.0 Å². The molecule has 1 aliphatic carbocycles. The van der Waals surface area contributed by atoms with E-state index in [-0.39, 0.29) is 18.3 Å². The molecule has 0 saturated heterocycles. The molecule has 2 amide bonds. The summed E-state index contributed by atoms with van der Waals surface area (Å²) in [4.78, 5) is 34.9. The van der Waals surface area contributed by atoms with Crippen LogP contribution in [-0.4, -0.2) is 65.0 Å². The largest absolute Gasteiger partial charge is 0.480 e. The highest BCUT2D eigenvalue weighted by Crippen LogP contribution is 2.44. The van der Waals surface area contributed by atoms with E-state index in [9.17, 15) is 19.5 Å². The van der Waals surface area contributed by atoms with Crippen molar-refractivity contribution in [1.82, 2.24) is 10.6 Å². The second-order valence-corrected chi connectivity index (χ2v) is 8.53. The van der Waals surface area contributed by atoms with Gasteiger partial charge in [-0.25, -0.2) is 9.59 Å². The van der Waals surface area contributed by atoms with Gasteiger partial charge in [0.15, 0.2) is 6.04 Å². The van der Waals surface area contributed by atoms with Crippen LogP contribution < -0.4 is 10.6 Å². The zero-order valence-corrected chi connectivity index (χ0v) is 18.4. The number of alkyl carbamates (subject to hydrolysis) is 1. The zero-order chi connectivity index (χ0) is 23.1. The van der Waals surface area contributed by atoms with E-state index < -0.39 is 30.1 Å². The lowest BCUT2D eigenvalue weighted by atomic mass is 9.98. The van der Waals surface area contributed by atoms with Crippen LogP contribution in [0.4, 0.5) is 4.79 Å². The summed E-state index contributed by atoms with van der Waals surface area (Å²) in [6.45, 7) is 1.82. The normalized spacial score (nSPS) is 14.1. The van der Waals surface area contributed by atoms with Gasteiger partial charge in [-0.05, 0) is 29.2 Å². The van der Waals surface area contributed by atoms with Crippen molar-refractivity contribution in [2.45, 2.75) is 25.0 Å². The molecule has 0 radical (unpaired) electrons. The zero-order valence-electron chi connectivity index (χ0n) is 17.6. The Morgan fingerprint density at radius 2 is 1.66 bits per heavy atom. The number of aliphatic hydroxyl groups excluding tert-OH is 1. The van der Waals surface area contributed by atoms with Gasteiger partial charge in [-0.1, -0.05) is 48.5 Å². The Morgan fingerprint density at radius 3 is 2.22 bits per heavy atom. The number of amides is 2. The molecule has 4 N–H and O–H groups in total. The summed E-state index contributed by atoms with van der Waals surface area (Å²) >= 11 is 1.24. The van der Waals surface area contributed by atoms with Gasteiger partial charge < -0.3 is 25.6 Å². The minimum atomic E-state index is -1.35. The molecule has 1 aliphatic rings. The fourth-order valence-corrected chi connectivity index (χ4v) is 4.30. The maximum Gasteiger partial charge on any atom is 0.407 e. The number of hydrogen-bond donors (Lipinski definition) is 4. The molecule has 9 heteroatoms. The van der Waals surface area contributed by atoms with Gasteiger partial charge in [0, 0.05) is 18.2 Å². The molecule has 0 bridgehead atoms. The molecule has 0 saturated carbocycles. The predicted molar refractivity (Wildman–Crippen MR) is 122 cm³/mol. The number of benzene rings is 2. The minimum absolute atomic E-state index is 0.0117. The van der Waals surface area contributed by atoms with Gasteiger partial charge in [0.1, 0.15) is 6.61 Å². The van der Waals surface area contributed by atoms with Crippen molar-refractivity contribution in [2.24, 2.45) is 0 Å². The van der Waals surface area contributed by atoms with E-state index in [1.165, 1.54) is 18.7 Å². The number of carbonyl (C=O) groups excluding carboxylic acids is 2. The minimum Gasteiger partial charge on any atom is -0.480 e. The number of carboxylic acids is 1. The van der Waals surface area contributed by atoms with E-state index in [0.717, 1.165) is 22.3 Å². The van der Waals surface area contributed by atoms with Gasteiger partial charge in [-0.15, -0.1) is 0 Å². The first-order valence-electron chi connectivity index (χ1n) is 10.2. The Hall–Kier alpha value is -3.04. The van der Waals surface area contributed by atoms with Gasteiger partial charge in [0.2, 0.25) is 5.91 Å². The molecule has 170 valence electrons. The number of hydrogen-bond acceptors (Lipinski definition) is 6. The molecule has 2 atom stereocenters. The SMILES string of the molecule is C[C@@H](O)[C@H](NC(=O)CSCCNC(=O)OCC1c2ccccc2-c2ccccc21)C(=O)O. The third-order valence-electron chi connectivity index (χ3n) is 5.16. The summed E-state index contributed by atoms with van der Waals surface area (Å²) < 4.78 is 5.44. The topological polar surface area (TPSA) is 125 Å². The molecule has 3 rings (SSSR count). The second kappa shape index (κ2) is 11.0. The quantitative estimate of drug-likeness (QED) is 0.402. The number of nitrogens with one attached hydrogen (secondary N) is 2. The first-order chi connectivity index (χ1) is 15.4. The second-order valence-electron chi connectivity index (χ2n) is 7.43. The first kappa shape index (κ1) is 23.6. The number of aliphatic carboxylic acids is 1. The Bertz CT molecular complexity index is 935. The van der Waals surface area contributed by atoms with Crippen LogP contribution in [0.25, 0.3) is 11.1 Å². The Kier molecular flexibility index (Phi) is 8.13. The molecular weight excluding hydrogens is 432 g/mol. The van der Waals surface area contributed by atoms with E-state index in [1.807, 2.05) is 24.3 Å². The monoisotopic (exact) mass is 458 g/mol. The standard InChI is InChI=1S/C23H26N2O6S/c1-14(26)21(22(28)29)25-20(27)13-32-11-10-24-23(30)31-12-19-17-8-4-2-6-15(17)16-7-3-5-9-18(16)19/h2-9,14,19,21,26H,10-13H2,1H3,(H,24,30)(H,25,27)(H,28,29)/t14-,21+/m1/s1. The number of ether oxygens (including phenoxy) is 1. The molecule has 32 heavy (non-hydrogen) atoms. The van der Waals surface area contributed by atoms with Crippen molar-refractivity contribution < 1.29 is 29.3 Å². The number of aliphatic hydroxyl groups is 1. The molecule has 0 aromatic heterocycles. The average Bonchev–Trinajstić information content (AvgIpc) is 3.09. The highest BCUT2D eigenvalue weighted by molar-refractivity contribution is 7.99. The maximum absolute atomic E-state index is 12.1. The van der Waals surface area contributed by atoms with Gasteiger partial charge >= 0.3 is 12.1 Å². The van der Waals surface area contributed by atoms with Crippen LogP contribution in [0, 0.1) is 0 Å². The molecule has 0 aliphatic heterocycles. The highest BCUT2D eigenvalue weighted by Gasteiger charge is 2.29. The van der Waals surface area contributed by atoms with Crippen LogP contribution in [0.15, 0.2) is 48.5 Å². The highest BCUT2D eigenvalue weighted by atomic mass is 32.2. The average molecular weight is 459 g/mol. The van der Waals surface area contributed by atoms with Crippen molar-refractivity contribution in [1.29, 1.82) is 0 Å². The summed E-state index contributed by atoms with van der Waals surface area (Å²) in [7, 11) is 0. The van der Waals surface area contributed by atoms with Crippen molar-refractivity contribution in [2.75, 3.05) is 24.7 Å². The van der Waals surface area contributed by atoms with Crippen molar-refractivity contribution >= 4 is 29.7 Å². The fourth-order valence-electron chi connectivity index (χ4n) is 3.64. The lowest BCUT2D eigenvalue weighted by molar-refractivity contribution is -0.144. The van der Waals surface area contributed by atoms with Gasteiger partial charge in [-0.2, -0.15) is 11.8 Å². The predicted octanol–water partition coefficient (Wildman–Crippen LogP) is 2.21. The van der Waals surface area contributed by atoms with Gasteiger partial charge in [-0.3, -0.25) is 4.79 Å². The van der Waals surface area contributed by atoms with E-state index in [0.29, 0.717) is 12.3 Å². The molecular formula is C23H26N2O6S. The summed E-state index contributed by atoms with van der Waals surface area (Å²) in [5, 5.41) is 23.3. The van der Waals surface area contributed by atoms with E-state index >= 15 is 0 Å². The maximum atomic E-state index is 12.1. The number of fused-ring (bicyclic) bond motifs is 3. The molecule has 0 heterocycles. The van der Waals surface area contributed by atoms with Crippen LogP contribution >= 0.6 is 11.8 Å². The molecule has 0 spiro atoms. The van der Waals surface area contributed by atoms with Crippen LogP contribution in [0.2, 0.25) is 0 Å². The Balaban J connectivity index is 1.38. The fraction of sp³-hybridized carbons (Fsp3) is 0.348. The summed E-state index contributed by atoms with van der Waals surface area (Å²) in [6.07, 6.45) is -1.73. The molecule has 0 unspecified atom stereocenters. The van der Waals surface area contributed by atoms with Crippen LogP contribution in [0.3, 0.4) is 0 Å².